The Bertz CT molecular complexity index is 399. The zero-order valence-corrected chi connectivity index (χ0v) is 11.3. The van der Waals surface area contributed by atoms with E-state index in [9.17, 15) is 9.90 Å². The van der Waals surface area contributed by atoms with Crippen LogP contribution in [-0.4, -0.2) is 11.1 Å². The lowest BCUT2D eigenvalue weighted by atomic mass is 9.94. The van der Waals surface area contributed by atoms with Crippen LogP contribution in [0.2, 0.25) is 0 Å². The molecule has 0 aromatic heterocycles. The molecule has 3 heteroatoms. The molecule has 0 heterocycles. The van der Waals surface area contributed by atoms with Gasteiger partial charge in [0.1, 0.15) is 0 Å². The summed E-state index contributed by atoms with van der Waals surface area (Å²) in [6.45, 7) is 0. The highest BCUT2D eigenvalue weighted by molar-refractivity contribution is 9.10. The van der Waals surface area contributed by atoms with Crippen molar-refractivity contribution in [2.45, 2.75) is 32.1 Å². The van der Waals surface area contributed by atoms with Crippen LogP contribution in [0.1, 0.15) is 31.2 Å². The molecular weight excluding hydrogens is 280 g/mol. The molecule has 17 heavy (non-hydrogen) atoms. The van der Waals surface area contributed by atoms with E-state index in [1.165, 1.54) is 12.8 Å². The number of hydrogen-bond donors (Lipinski definition) is 1. The number of aliphatic carboxylic acids is 1. The summed E-state index contributed by atoms with van der Waals surface area (Å²) >= 11 is 3.47. The number of hydrogen-bond acceptors (Lipinski definition) is 1. The summed E-state index contributed by atoms with van der Waals surface area (Å²) in [5, 5.41) is 9.24. The second kappa shape index (κ2) is 5.67. The molecule has 0 amide bonds. The van der Waals surface area contributed by atoms with Crippen LogP contribution in [0.4, 0.5) is 0 Å². The fourth-order valence-electron chi connectivity index (χ4n) is 2.09. The van der Waals surface area contributed by atoms with E-state index in [0.717, 1.165) is 28.8 Å². The second-order valence-electron chi connectivity index (χ2n) is 4.85. The molecule has 1 aromatic rings. The molecule has 2 nitrogen and oxygen atoms in total. The fraction of sp³-hybridized carbons (Fsp3) is 0.500. The standard InChI is InChI=1S/C14H17BrO2/c15-13-4-2-1-3-11(13)9-12(14(16)17)8-7-10-5-6-10/h1-4,10,12H,5-9H2,(H,16,17). The maximum atomic E-state index is 11.2. The summed E-state index contributed by atoms with van der Waals surface area (Å²) < 4.78 is 1.01. The Morgan fingerprint density at radius 2 is 2.12 bits per heavy atom. The molecule has 92 valence electrons. The van der Waals surface area contributed by atoms with Crippen molar-refractivity contribution < 1.29 is 9.90 Å². The Labute approximate surface area is 110 Å². The van der Waals surface area contributed by atoms with Gasteiger partial charge in [-0.2, -0.15) is 0 Å². The van der Waals surface area contributed by atoms with Crippen LogP contribution < -0.4 is 0 Å². The molecule has 0 saturated heterocycles. The van der Waals surface area contributed by atoms with Crippen molar-refractivity contribution in [2.75, 3.05) is 0 Å². The summed E-state index contributed by atoms with van der Waals surface area (Å²) in [5.74, 6) is -0.105. The third kappa shape index (κ3) is 3.84. The van der Waals surface area contributed by atoms with E-state index in [0.29, 0.717) is 6.42 Å². The smallest absolute Gasteiger partial charge is 0.306 e. The van der Waals surface area contributed by atoms with Crippen molar-refractivity contribution >= 4 is 21.9 Å². The zero-order chi connectivity index (χ0) is 12.3. The Morgan fingerprint density at radius 3 is 2.71 bits per heavy atom. The largest absolute Gasteiger partial charge is 0.481 e. The first-order valence-corrected chi connectivity index (χ1v) is 6.92. The van der Waals surface area contributed by atoms with Crippen LogP contribution in [0, 0.1) is 11.8 Å². The SMILES string of the molecule is O=C(O)C(CCC1CC1)Cc1ccccc1Br. The molecule has 1 fully saturated rings. The van der Waals surface area contributed by atoms with Crippen molar-refractivity contribution in [3.63, 3.8) is 0 Å². The Hall–Kier alpha value is -0.830. The molecular formula is C14H17BrO2. The first-order chi connectivity index (χ1) is 8.16. The third-order valence-electron chi connectivity index (χ3n) is 3.39. The van der Waals surface area contributed by atoms with Crippen LogP contribution >= 0.6 is 15.9 Å². The highest BCUT2D eigenvalue weighted by Crippen LogP contribution is 2.35. The van der Waals surface area contributed by atoms with Crippen molar-refractivity contribution in [1.29, 1.82) is 0 Å². The van der Waals surface area contributed by atoms with Gasteiger partial charge in [0.15, 0.2) is 0 Å². The minimum atomic E-state index is -0.665. The van der Waals surface area contributed by atoms with Gasteiger partial charge in [-0.05, 0) is 36.8 Å². The summed E-state index contributed by atoms with van der Waals surface area (Å²) in [5.41, 5.74) is 1.09. The molecule has 1 atom stereocenters. The fourth-order valence-corrected chi connectivity index (χ4v) is 2.53. The molecule has 0 bridgehead atoms. The van der Waals surface area contributed by atoms with Crippen molar-refractivity contribution in [1.82, 2.24) is 0 Å². The molecule has 0 spiro atoms. The monoisotopic (exact) mass is 296 g/mol. The quantitative estimate of drug-likeness (QED) is 0.865. The summed E-state index contributed by atoms with van der Waals surface area (Å²) in [7, 11) is 0. The van der Waals surface area contributed by atoms with E-state index in [4.69, 9.17) is 0 Å². The average molecular weight is 297 g/mol. The highest BCUT2D eigenvalue weighted by atomic mass is 79.9. The maximum absolute atomic E-state index is 11.2. The lowest BCUT2D eigenvalue weighted by Gasteiger charge is -2.13. The zero-order valence-electron chi connectivity index (χ0n) is 9.73. The van der Waals surface area contributed by atoms with Gasteiger partial charge in [-0.1, -0.05) is 47.0 Å². The third-order valence-corrected chi connectivity index (χ3v) is 4.17. The van der Waals surface area contributed by atoms with Crippen LogP contribution in [-0.2, 0) is 11.2 Å². The topological polar surface area (TPSA) is 37.3 Å². The van der Waals surface area contributed by atoms with Crippen molar-refractivity contribution in [2.24, 2.45) is 11.8 Å². The lowest BCUT2D eigenvalue weighted by molar-refractivity contribution is -0.142. The first kappa shape index (κ1) is 12.6. The number of carboxylic acids is 1. The van der Waals surface area contributed by atoms with E-state index in [-0.39, 0.29) is 5.92 Å². The minimum Gasteiger partial charge on any atom is -0.481 e. The Kier molecular flexibility index (Phi) is 4.21. The van der Waals surface area contributed by atoms with Gasteiger partial charge in [0.25, 0.3) is 0 Å². The number of rotatable bonds is 6. The molecule has 1 unspecified atom stereocenters. The molecule has 0 radical (unpaired) electrons. The molecule has 1 saturated carbocycles. The second-order valence-corrected chi connectivity index (χ2v) is 5.71. The van der Waals surface area contributed by atoms with Gasteiger partial charge in [-0.15, -0.1) is 0 Å². The van der Waals surface area contributed by atoms with Crippen molar-refractivity contribution in [3.8, 4) is 0 Å². The summed E-state index contributed by atoms with van der Waals surface area (Å²) in [6, 6.07) is 7.87. The Balaban J connectivity index is 1.96. The van der Waals surface area contributed by atoms with Crippen molar-refractivity contribution in [3.05, 3.63) is 34.3 Å². The van der Waals surface area contributed by atoms with Gasteiger partial charge in [0.2, 0.25) is 0 Å². The first-order valence-electron chi connectivity index (χ1n) is 6.13. The Morgan fingerprint density at radius 1 is 1.41 bits per heavy atom. The van der Waals surface area contributed by atoms with Gasteiger partial charge < -0.3 is 5.11 Å². The van der Waals surface area contributed by atoms with E-state index in [1.54, 1.807) is 0 Å². The molecule has 2 rings (SSSR count). The van der Waals surface area contributed by atoms with Gasteiger partial charge in [0, 0.05) is 4.47 Å². The predicted molar refractivity (Wildman–Crippen MR) is 70.9 cm³/mol. The van der Waals surface area contributed by atoms with E-state index >= 15 is 0 Å². The van der Waals surface area contributed by atoms with E-state index in [2.05, 4.69) is 15.9 Å². The number of halogens is 1. The maximum Gasteiger partial charge on any atom is 0.306 e. The molecule has 1 aliphatic rings. The summed E-state index contributed by atoms with van der Waals surface area (Å²) in [6.07, 6.45) is 5.09. The van der Waals surface area contributed by atoms with Crippen LogP contribution in [0.3, 0.4) is 0 Å². The normalized spacial score (nSPS) is 16.8. The number of benzene rings is 1. The van der Waals surface area contributed by atoms with Gasteiger partial charge >= 0.3 is 5.97 Å². The van der Waals surface area contributed by atoms with E-state index < -0.39 is 5.97 Å². The number of carbonyl (C=O) groups is 1. The molecule has 1 N–H and O–H groups in total. The van der Waals surface area contributed by atoms with E-state index in [1.807, 2.05) is 24.3 Å². The van der Waals surface area contributed by atoms with Crippen LogP contribution in [0.25, 0.3) is 0 Å². The molecule has 0 aliphatic heterocycles. The highest BCUT2D eigenvalue weighted by Gasteiger charge is 2.25. The lowest BCUT2D eigenvalue weighted by Crippen LogP contribution is -2.17. The van der Waals surface area contributed by atoms with Gasteiger partial charge in [-0.25, -0.2) is 0 Å². The van der Waals surface area contributed by atoms with Crippen LogP contribution in [0.5, 0.6) is 0 Å². The molecule has 1 aromatic carbocycles. The van der Waals surface area contributed by atoms with Gasteiger partial charge in [0.05, 0.1) is 5.92 Å². The molecule has 1 aliphatic carbocycles. The average Bonchev–Trinajstić information content (AvgIpc) is 3.10. The minimum absolute atomic E-state index is 0.241. The van der Waals surface area contributed by atoms with Crippen LogP contribution in [0.15, 0.2) is 28.7 Å². The number of carboxylic acid groups (broad SMARTS) is 1. The van der Waals surface area contributed by atoms with Gasteiger partial charge in [-0.3, -0.25) is 4.79 Å². The predicted octanol–water partition coefficient (Wildman–Crippen LogP) is 3.88. The summed E-state index contributed by atoms with van der Waals surface area (Å²) in [4.78, 5) is 11.2.